The van der Waals surface area contributed by atoms with Crippen molar-refractivity contribution < 1.29 is 45.1 Å². The van der Waals surface area contributed by atoms with Crippen molar-refractivity contribution in [2.45, 2.75) is 76.2 Å². The van der Waals surface area contributed by atoms with E-state index in [1.165, 1.54) is 6.07 Å². The summed E-state index contributed by atoms with van der Waals surface area (Å²) in [5, 5.41) is 0.540. The first-order valence-corrected chi connectivity index (χ1v) is 24.0. The molecule has 4 nitrogen and oxygen atoms in total. The molecule has 7 rings (SSSR count). The Kier molecular flexibility index (Phi) is 7.68. The molecule has 0 saturated carbocycles. The van der Waals surface area contributed by atoms with Crippen LogP contribution in [0.3, 0.4) is 0 Å². The van der Waals surface area contributed by atoms with Crippen LogP contribution in [0.25, 0.3) is 55.7 Å². The van der Waals surface area contributed by atoms with Gasteiger partial charge in [0, 0.05) is 55.9 Å². The number of furan rings is 1. The minimum Gasteiger partial charge on any atom is 0 e. The van der Waals surface area contributed by atoms with Crippen LogP contribution in [0, 0.1) is 18.1 Å². The third kappa shape index (κ3) is 8.65. The van der Waals surface area contributed by atoms with Gasteiger partial charge in [-0.3, -0.25) is 4.98 Å². The van der Waals surface area contributed by atoms with E-state index in [9.17, 15) is 0 Å². The van der Waals surface area contributed by atoms with Crippen molar-refractivity contribution in [1.29, 1.82) is 0 Å². The predicted molar refractivity (Wildman–Crippen MR) is 217 cm³/mol. The maximum Gasteiger partial charge on any atom is 0 e. The molecular weight excluding hydrogens is 875 g/mol. The van der Waals surface area contributed by atoms with Crippen LogP contribution in [0.5, 0.6) is 0 Å². The number of hydrogen-bond acceptors (Lipinski definition) is 4. The van der Waals surface area contributed by atoms with E-state index in [4.69, 9.17) is 25.0 Å². The number of rotatable bonds is 9. The van der Waals surface area contributed by atoms with Crippen molar-refractivity contribution in [3.63, 3.8) is 0 Å². The summed E-state index contributed by atoms with van der Waals surface area (Å²) in [6.45, 7) is -7.44. The number of aromatic nitrogens is 3. The Morgan fingerprint density at radius 3 is 2.31 bits per heavy atom. The number of pyridine rings is 3. The average molecular weight is 940 g/mol. The molecule has 1 radical (unpaired) electrons. The summed E-state index contributed by atoms with van der Waals surface area (Å²) in [7, 11) is 0. The van der Waals surface area contributed by atoms with Gasteiger partial charge in [0.15, 0.2) is 0 Å². The van der Waals surface area contributed by atoms with Crippen molar-refractivity contribution in [3.05, 3.63) is 133 Å². The molecule has 0 aliphatic carbocycles. The average Bonchev–Trinajstić information content (AvgIpc) is 3.61. The van der Waals surface area contributed by atoms with Crippen molar-refractivity contribution >= 4 is 39.7 Å². The standard InChI is InChI=1S/C28H25N2O.C18H24GeN.Ir/c1-4-28(3,5-2)21-14-15-29-24(17-21)22-12-9-13-23-26-25(31-27(22)23)16-20(18-30-26)19-10-7-6-8-11-19;1-14(2)11-16-12-18(15-9-7-6-8-10-15)20-13-17(16)19(3,4)5;/h6-11,13-18H,4-5H2,1-3H3;6-9,12-14H,11H2,1-5H3;/q2*-1;/i1D3,2D3,3D3,4D2,5D2;11D2;. The number of benzene rings is 3. The Bertz CT molecular complexity index is 2810. The van der Waals surface area contributed by atoms with Gasteiger partial charge in [0.05, 0.1) is 11.1 Å². The van der Waals surface area contributed by atoms with Gasteiger partial charge in [0.2, 0.25) is 0 Å². The van der Waals surface area contributed by atoms with Crippen LogP contribution in [0.15, 0.2) is 114 Å². The summed E-state index contributed by atoms with van der Waals surface area (Å²) in [5.74, 6) is 6.77. The van der Waals surface area contributed by atoms with Gasteiger partial charge in [0.25, 0.3) is 0 Å². The molecule has 0 N–H and O–H groups in total. The van der Waals surface area contributed by atoms with Gasteiger partial charge in [-0.05, 0) is 52.5 Å². The Morgan fingerprint density at radius 1 is 0.827 bits per heavy atom. The summed E-state index contributed by atoms with van der Waals surface area (Å²) in [6, 6.07) is 32.2. The molecule has 0 bridgehead atoms. The third-order valence-corrected chi connectivity index (χ3v) is 12.6. The van der Waals surface area contributed by atoms with E-state index in [0.29, 0.717) is 16.5 Å². The van der Waals surface area contributed by atoms with Crippen molar-refractivity contribution in [2.24, 2.45) is 5.92 Å². The molecule has 0 aliphatic heterocycles. The molecule has 4 heterocycles. The normalized spacial score (nSPS) is 17.5. The van der Waals surface area contributed by atoms with Crippen LogP contribution in [0.2, 0.25) is 17.3 Å². The predicted octanol–water partition coefficient (Wildman–Crippen LogP) is 11.9. The minimum absolute atomic E-state index is 0. The summed E-state index contributed by atoms with van der Waals surface area (Å²) in [4.78, 5) is 13.4. The quantitative estimate of drug-likeness (QED) is 0.107. The Balaban J connectivity index is 0.000000307. The topological polar surface area (TPSA) is 51.8 Å². The van der Waals surface area contributed by atoms with Crippen LogP contribution in [0.4, 0.5) is 0 Å². The zero-order chi connectivity index (χ0) is 49.1. The minimum atomic E-state index is -3.91. The Hall–Kier alpha value is -3.90. The molecule has 0 fully saturated rings. The SMILES string of the molecule is [2H]C([2H])([2H])C([2H])([2H])C(c1ccnc(-c2[c-]ccc3c2oc2cc(-c4ccccc4)cnc23)c1)(C([2H])([2H])[2H])C([2H])([2H])C([2H])([2H])[2H].[2H]C([2H])(c1cc(-c2[c-]cccc2)nc[c]1[Ge]([CH3])([CH3])[CH3])C(C)C.[Ir]. The summed E-state index contributed by atoms with van der Waals surface area (Å²) in [5.41, 5.74) is 0.990. The molecule has 6 heteroatoms. The monoisotopic (exact) mass is 941 g/mol. The molecule has 0 saturated heterocycles. The molecule has 4 aromatic heterocycles. The third-order valence-electron chi connectivity index (χ3n) is 8.34. The fraction of sp³-hybridized carbons (Fsp3) is 0.283. The van der Waals surface area contributed by atoms with Crippen LogP contribution < -0.4 is 4.40 Å². The van der Waals surface area contributed by atoms with E-state index in [1.807, 2.05) is 80.7 Å². The van der Waals surface area contributed by atoms with E-state index in [0.717, 1.165) is 50.7 Å². The maximum atomic E-state index is 8.58. The van der Waals surface area contributed by atoms with Gasteiger partial charge in [-0.1, -0.05) is 62.5 Å². The second-order valence-corrected chi connectivity index (χ2v) is 24.1. The summed E-state index contributed by atoms with van der Waals surface area (Å²) < 4.78 is 131. The second-order valence-electron chi connectivity index (χ2n) is 13.5. The van der Waals surface area contributed by atoms with Gasteiger partial charge in [0.1, 0.15) is 5.58 Å². The number of nitrogens with zero attached hydrogens (tertiary/aromatic N) is 3. The van der Waals surface area contributed by atoms with Gasteiger partial charge >= 0.3 is 128 Å². The van der Waals surface area contributed by atoms with Gasteiger partial charge in [-0.15, -0.1) is 18.2 Å². The Labute approximate surface area is 347 Å². The molecule has 52 heavy (non-hydrogen) atoms. The smallest absolute Gasteiger partial charge is 0 e. The van der Waals surface area contributed by atoms with Crippen molar-refractivity contribution in [2.75, 3.05) is 0 Å². The van der Waals surface area contributed by atoms with Crippen LogP contribution >= 0.6 is 0 Å². The molecule has 0 atom stereocenters. The van der Waals surface area contributed by atoms with E-state index < -0.39 is 63.9 Å². The van der Waals surface area contributed by atoms with E-state index >= 15 is 0 Å². The second kappa shape index (κ2) is 16.8. The first-order chi connectivity index (χ1) is 30.4. The van der Waals surface area contributed by atoms with Crippen molar-refractivity contribution in [3.8, 4) is 33.6 Å². The number of hydrogen-bond donors (Lipinski definition) is 0. The first-order valence-electron chi connectivity index (χ1n) is 24.1. The molecule has 0 spiro atoms. The fourth-order valence-electron chi connectivity index (χ4n) is 5.75. The van der Waals surface area contributed by atoms with Crippen molar-refractivity contribution in [1.82, 2.24) is 15.0 Å². The van der Waals surface area contributed by atoms with E-state index in [1.54, 1.807) is 18.3 Å². The molecule has 3 aromatic carbocycles. The number of fused-ring (bicyclic) bond motifs is 3. The molecule has 269 valence electrons. The zero-order valence-corrected chi connectivity index (χ0v) is 34.0. The van der Waals surface area contributed by atoms with Crippen LogP contribution in [-0.4, -0.2) is 28.2 Å². The molecule has 0 amide bonds. The molecule has 0 unspecified atom stereocenters. The molecule has 0 aliphatic rings. The first kappa shape index (κ1) is 23.7. The molecule has 7 aromatic rings. The van der Waals surface area contributed by atoms with Gasteiger partial charge < -0.3 is 9.40 Å². The fourth-order valence-corrected chi connectivity index (χ4v) is 8.70. The Morgan fingerprint density at radius 2 is 1.62 bits per heavy atom. The molecular formula is C46H49GeIrN3O-2. The van der Waals surface area contributed by atoms with Gasteiger partial charge in [-0.2, -0.15) is 0 Å². The summed E-state index contributed by atoms with van der Waals surface area (Å²) in [6.07, 6.45) is -4.53. The largest absolute Gasteiger partial charge is 0 e. The van der Waals surface area contributed by atoms with Gasteiger partial charge in [-0.25, -0.2) is 0 Å². The van der Waals surface area contributed by atoms with Crippen LogP contribution in [0.1, 0.15) is 78.8 Å². The zero-order valence-electron chi connectivity index (χ0n) is 44.6. The van der Waals surface area contributed by atoms with E-state index in [-0.39, 0.29) is 42.9 Å². The van der Waals surface area contributed by atoms with E-state index in [2.05, 4.69) is 44.4 Å². The van der Waals surface area contributed by atoms with Crippen LogP contribution in [-0.2, 0) is 31.9 Å². The summed E-state index contributed by atoms with van der Waals surface area (Å²) >= 11 is -2.20. The maximum absolute atomic E-state index is 8.58.